The third kappa shape index (κ3) is 4.38. The zero-order valence-corrected chi connectivity index (χ0v) is 19.2. The lowest BCUT2D eigenvalue weighted by atomic mass is 10.0. The van der Waals surface area contributed by atoms with Crippen LogP contribution in [0.15, 0.2) is 48.5 Å². The van der Waals surface area contributed by atoms with Crippen molar-refractivity contribution in [1.29, 1.82) is 0 Å². The standard InChI is InChI=1S/C24H25N3O3S2/c28-20(26-16-6-3-5-15(13-16)24-31-11-4-12-32-24)14-25-22(29)21-18-7-1-2-8-19(18)23(30)27(21)17-9-10-17/h1-3,5-8,13,17,21,24H,4,9-12,14H2,(H,25,29)(H,26,28). The number of carbonyl (C=O) groups is 3. The molecular weight excluding hydrogens is 442 g/mol. The molecule has 0 bridgehead atoms. The lowest BCUT2D eigenvalue weighted by molar-refractivity contribution is -0.127. The third-order valence-electron chi connectivity index (χ3n) is 5.88. The minimum absolute atomic E-state index is 0.0945. The molecule has 1 atom stereocenters. The molecule has 3 amide bonds. The zero-order chi connectivity index (χ0) is 22.1. The molecule has 2 N–H and O–H groups in total. The van der Waals surface area contributed by atoms with E-state index in [0.717, 1.165) is 35.6 Å². The average molecular weight is 468 g/mol. The number of fused-ring (bicyclic) bond motifs is 1. The Balaban J connectivity index is 1.22. The maximum Gasteiger partial charge on any atom is 0.255 e. The summed E-state index contributed by atoms with van der Waals surface area (Å²) in [6, 6.07) is 14.6. The average Bonchev–Trinajstić information content (AvgIpc) is 3.62. The van der Waals surface area contributed by atoms with Crippen molar-refractivity contribution < 1.29 is 14.4 Å². The molecule has 2 aromatic rings. The molecule has 8 heteroatoms. The van der Waals surface area contributed by atoms with Gasteiger partial charge in [-0.25, -0.2) is 0 Å². The van der Waals surface area contributed by atoms with Gasteiger partial charge in [0.15, 0.2) is 0 Å². The summed E-state index contributed by atoms with van der Waals surface area (Å²) in [5.74, 6) is 1.63. The van der Waals surface area contributed by atoms with E-state index in [0.29, 0.717) is 10.1 Å². The van der Waals surface area contributed by atoms with Crippen LogP contribution >= 0.6 is 23.5 Å². The normalized spacial score (nSPS) is 20.7. The molecule has 1 unspecified atom stereocenters. The molecule has 2 aromatic carbocycles. The van der Waals surface area contributed by atoms with Gasteiger partial charge < -0.3 is 15.5 Å². The molecule has 0 radical (unpaired) electrons. The zero-order valence-electron chi connectivity index (χ0n) is 17.6. The number of anilines is 1. The highest BCUT2D eigenvalue weighted by Gasteiger charge is 2.47. The van der Waals surface area contributed by atoms with E-state index in [1.165, 1.54) is 12.0 Å². The van der Waals surface area contributed by atoms with Gasteiger partial charge in [-0.3, -0.25) is 14.4 Å². The van der Waals surface area contributed by atoms with Crippen LogP contribution in [0.1, 0.15) is 51.4 Å². The van der Waals surface area contributed by atoms with Crippen molar-refractivity contribution in [2.45, 2.75) is 35.9 Å². The SMILES string of the molecule is O=C(CNC(=O)C1c2ccccc2C(=O)N1C1CC1)Nc1cccc(C2SCCCS2)c1. The Morgan fingerprint density at radius 2 is 1.81 bits per heavy atom. The Labute approximate surface area is 195 Å². The maximum absolute atomic E-state index is 13.0. The quantitative estimate of drug-likeness (QED) is 0.672. The fraction of sp³-hybridized carbons (Fsp3) is 0.375. The molecule has 2 heterocycles. The number of amides is 3. The summed E-state index contributed by atoms with van der Waals surface area (Å²) in [6.45, 7) is -0.138. The van der Waals surface area contributed by atoms with Crippen molar-refractivity contribution in [2.24, 2.45) is 0 Å². The van der Waals surface area contributed by atoms with E-state index in [-0.39, 0.29) is 30.3 Å². The van der Waals surface area contributed by atoms with Crippen LogP contribution in [0.4, 0.5) is 5.69 Å². The van der Waals surface area contributed by atoms with Crippen LogP contribution in [-0.4, -0.2) is 46.7 Å². The predicted molar refractivity (Wildman–Crippen MR) is 129 cm³/mol. The van der Waals surface area contributed by atoms with Gasteiger partial charge in [0.25, 0.3) is 5.91 Å². The van der Waals surface area contributed by atoms with Gasteiger partial charge >= 0.3 is 0 Å². The summed E-state index contributed by atoms with van der Waals surface area (Å²) in [6.07, 6.45) is 3.06. The van der Waals surface area contributed by atoms with E-state index in [4.69, 9.17) is 0 Å². The summed E-state index contributed by atoms with van der Waals surface area (Å²) in [5.41, 5.74) is 3.23. The van der Waals surface area contributed by atoms with Gasteiger partial charge in [-0.05, 0) is 60.1 Å². The number of thioether (sulfide) groups is 2. The van der Waals surface area contributed by atoms with Crippen molar-refractivity contribution in [3.05, 3.63) is 65.2 Å². The summed E-state index contributed by atoms with van der Waals surface area (Å²) in [5, 5.41) is 5.63. The van der Waals surface area contributed by atoms with Crippen LogP contribution in [0, 0.1) is 0 Å². The number of benzene rings is 2. The minimum Gasteiger partial charge on any atom is -0.345 e. The first kappa shape index (κ1) is 21.4. The second-order valence-electron chi connectivity index (χ2n) is 8.25. The molecule has 1 aliphatic carbocycles. The van der Waals surface area contributed by atoms with E-state index in [1.54, 1.807) is 11.0 Å². The van der Waals surface area contributed by atoms with Gasteiger partial charge in [-0.2, -0.15) is 0 Å². The first-order valence-corrected chi connectivity index (χ1v) is 13.0. The van der Waals surface area contributed by atoms with Crippen molar-refractivity contribution in [3.8, 4) is 0 Å². The Bertz CT molecular complexity index is 1050. The molecule has 0 aromatic heterocycles. The molecule has 1 saturated heterocycles. The summed E-state index contributed by atoms with van der Waals surface area (Å²) in [7, 11) is 0. The lowest BCUT2D eigenvalue weighted by Crippen LogP contribution is -2.42. The molecule has 32 heavy (non-hydrogen) atoms. The molecule has 5 rings (SSSR count). The highest BCUT2D eigenvalue weighted by atomic mass is 32.2. The number of carbonyl (C=O) groups excluding carboxylic acids is 3. The van der Waals surface area contributed by atoms with Gasteiger partial charge in [-0.15, -0.1) is 23.5 Å². The molecular formula is C24H25N3O3S2. The maximum atomic E-state index is 13.0. The molecule has 0 spiro atoms. The smallest absolute Gasteiger partial charge is 0.255 e. The van der Waals surface area contributed by atoms with E-state index in [2.05, 4.69) is 16.7 Å². The molecule has 3 aliphatic rings. The van der Waals surface area contributed by atoms with E-state index >= 15 is 0 Å². The number of nitrogens with zero attached hydrogens (tertiary/aromatic N) is 1. The Hall–Kier alpha value is -2.45. The first-order chi connectivity index (χ1) is 15.6. The van der Waals surface area contributed by atoms with Crippen LogP contribution in [0.3, 0.4) is 0 Å². The van der Waals surface area contributed by atoms with E-state index < -0.39 is 6.04 Å². The van der Waals surface area contributed by atoms with Gasteiger partial charge in [0.2, 0.25) is 11.8 Å². The Morgan fingerprint density at radius 1 is 1.03 bits per heavy atom. The summed E-state index contributed by atoms with van der Waals surface area (Å²) >= 11 is 3.87. The van der Waals surface area contributed by atoms with Crippen molar-refractivity contribution >= 4 is 46.9 Å². The molecule has 2 aliphatic heterocycles. The van der Waals surface area contributed by atoms with E-state index in [1.807, 2.05) is 59.9 Å². The molecule has 2 fully saturated rings. The van der Waals surface area contributed by atoms with Gasteiger partial charge in [0.1, 0.15) is 6.04 Å². The lowest BCUT2D eigenvalue weighted by Gasteiger charge is -2.24. The number of rotatable bonds is 6. The van der Waals surface area contributed by atoms with Gasteiger partial charge in [0.05, 0.1) is 11.1 Å². The fourth-order valence-corrected chi connectivity index (χ4v) is 7.12. The molecule has 1 saturated carbocycles. The summed E-state index contributed by atoms with van der Waals surface area (Å²) in [4.78, 5) is 40.0. The van der Waals surface area contributed by atoms with Crippen LogP contribution in [-0.2, 0) is 9.59 Å². The monoisotopic (exact) mass is 467 g/mol. The predicted octanol–water partition coefficient (Wildman–Crippen LogP) is 3.97. The number of nitrogens with one attached hydrogen (secondary N) is 2. The summed E-state index contributed by atoms with van der Waals surface area (Å²) < 4.78 is 0.397. The second kappa shape index (κ2) is 9.19. The minimum atomic E-state index is -0.664. The number of hydrogen-bond acceptors (Lipinski definition) is 5. The molecule has 6 nitrogen and oxygen atoms in total. The molecule has 166 valence electrons. The van der Waals surface area contributed by atoms with Gasteiger partial charge in [0, 0.05) is 17.3 Å². The Kier molecular flexibility index (Phi) is 6.15. The van der Waals surface area contributed by atoms with Gasteiger partial charge in [-0.1, -0.05) is 30.3 Å². The van der Waals surface area contributed by atoms with Crippen LogP contribution in [0.25, 0.3) is 0 Å². The topological polar surface area (TPSA) is 78.5 Å². The van der Waals surface area contributed by atoms with Crippen molar-refractivity contribution in [3.63, 3.8) is 0 Å². The van der Waals surface area contributed by atoms with Crippen LogP contribution in [0.2, 0.25) is 0 Å². The van der Waals surface area contributed by atoms with Crippen molar-refractivity contribution in [1.82, 2.24) is 10.2 Å². The Morgan fingerprint density at radius 3 is 2.59 bits per heavy atom. The highest BCUT2D eigenvalue weighted by Crippen LogP contribution is 2.44. The van der Waals surface area contributed by atoms with Crippen LogP contribution < -0.4 is 10.6 Å². The third-order valence-corrected chi connectivity index (χ3v) is 8.90. The highest BCUT2D eigenvalue weighted by molar-refractivity contribution is 8.16. The fourth-order valence-electron chi connectivity index (χ4n) is 4.25. The first-order valence-electron chi connectivity index (χ1n) is 10.9. The second-order valence-corrected chi connectivity index (χ2v) is 11.0. The van der Waals surface area contributed by atoms with Crippen molar-refractivity contribution in [2.75, 3.05) is 23.4 Å². The number of hydrogen-bond donors (Lipinski definition) is 2. The van der Waals surface area contributed by atoms with E-state index in [9.17, 15) is 14.4 Å². The van der Waals surface area contributed by atoms with Crippen LogP contribution in [0.5, 0.6) is 0 Å². The largest absolute Gasteiger partial charge is 0.345 e.